The first-order chi connectivity index (χ1) is 10.2. The van der Waals surface area contributed by atoms with Crippen molar-refractivity contribution >= 4 is 23.4 Å². The van der Waals surface area contributed by atoms with Crippen LogP contribution in [0.1, 0.15) is 22.8 Å². The zero-order valence-corrected chi connectivity index (χ0v) is 13.4. The van der Waals surface area contributed by atoms with Crippen LogP contribution in [0.25, 0.3) is 0 Å². The Morgan fingerprint density at radius 3 is 2.76 bits per heavy atom. The average molecular weight is 321 g/mol. The summed E-state index contributed by atoms with van der Waals surface area (Å²) in [6, 6.07) is 11.9. The van der Waals surface area contributed by atoms with Crippen LogP contribution in [-0.2, 0) is 12.8 Å². The fourth-order valence-corrected chi connectivity index (χ4v) is 3.32. The predicted octanol–water partition coefficient (Wildman–Crippen LogP) is 4.27. The molecule has 0 aliphatic carbocycles. The summed E-state index contributed by atoms with van der Waals surface area (Å²) in [5.74, 6) is 0.902. The molecule has 0 saturated heterocycles. The maximum absolute atomic E-state index is 10.5. The third-order valence-corrected chi connectivity index (χ3v) is 4.70. The molecule has 2 nitrogen and oxygen atoms in total. The fraction of sp³-hybridized carbons (Fsp3) is 0.294. The molecule has 0 fully saturated rings. The van der Waals surface area contributed by atoms with Crippen LogP contribution in [0.5, 0.6) is 5.75 Å². The van der Waals surface area contributed by atoms with Crippen molar-refractivity contribution in [3.63, 3.8) is 0 Å². The van der Waals surface area contributed by atoms with Gasteiger partial charge in [0.15, 0.2) is 0 Å². The highest BCUT2D eigenvalue weighted by Gasteiger charge is 2.20. The molecule has 1 aliphatic heterocycles. The topological polar surface area (TPSA) is 29.5 Å². The summed E-state index contributed by atoms with van der Waals surface area (Å²) in [5, 5.41) is 11.2. The first-order valence-electron chi connectivity index (χ1n) is 6.93. The highest BCUT2D eigenvalue weighted by atomic mass is 35.5. The minimum Gasteiger partial charge on any atom is -0.493 e. The van der Waals surface area contributed by atoms with Crippen LogP contribution in [0.4, 0.5) is 0 Å². The van der Waals surface area contributed by atoms with E-state index in [-0.39, 0.29) is 0 Å². The SMILES string of the molecule is CSc1ccc(C(O)Cc2cc(Cl)cc3c2OCC3)cc1. The lowest BCUT2D eigenvalue weighted by molar-refractivity contribution is 0.177. The van der Waals surface area contributed by atoms with Gasteiger partial charge in [0.2, 0.25) is 0 Å². The standard InChI is InChI=1S/C17H17ClO2S/c1-21-15-4-2-11(3-5-15)16(19)10-13-9-14(18)8-12-6-7-20-17(12)13/h2-5,8-9,16,19H,6-7,10H2,1H3. The summed E-state index contributed by atoms with van der Waals surface area (Å²) in [4.78, 5) is 1.19. The number of fused-ring (bicyclic) bond motifs is 1. The Labute approximate surface area is 134 Å². The molecule has 2 aromatic rings. The highest BCUT2D eigenvalue weighted by molar-refractivity contribution is 7.98. The smallest absolute Gasteiger partial charge is 0.126 e. The van der Waals surface area contributed by atoms with Crippen molar-refractivity contribution in [1.29, 1.82) is 0 Å². The molecule has 1 N–H and O–H groups in total. The zero-order valence-electron chi connectivity index (χ0n) is 11.8. The van der Waals surface area contributed by atoms with E-state index < -0.39 is 6.10 Å². The van der Waals surface area contributed by atoms with E-state index in [0.29, 0.717) is 18.1 Å². The molecule has 4 heteroatoms. The number of hydrogen-bond acceptors (Lipinski definition) is 3. The largest absolute Gasteiger partial charge is 0.493 e. The van der Waals surface area contributed by atoms with Gasteiger partial charge in [0.1, 0.15) is 5.75 Å². The molecular weight excluding hydrogens is 304 g/mol. The van der Waals surface area contributed by atoms with E-state index in [1.165, 1.54) is 4.90 Å². The number of aliphatic hydroxyl groups is 1. The summed E-state index contributed by atoms with van der Waals surface area (Å²) in [5.41, 5.74) is 3.04. The van der Waals surface area contributed by atoms with Gasteiger partial charge in [0, 0.05) is 22.8 Å². The third-order valence-electron chi connectivity index (χ3n) is 3.74. The van der Waals surface area contributed by atoms with Gasteiger partial charge in [0.25, 0.3) is 0 Å². The second kappa shape index (κ2) is 6.30. The van der Waals surface area contributed by atoms with Crippen molar-refractivity contribution in [2.45, 2.75) is 23.8 Å². The number of benzene rings is 2. The van der Waals surface area contributed by atoms with Gasteiger partial charge in [-0.05, 0) is 47.2 Å². The summed E-state index contributed by atoms with van der Waals surface area (Å²) in [6.45, 7) is 0.696. The van der Waals surface area contributed by atoms with Gasteiger partial charge in [-0.15, -0.1) is 11.8 Å². The van der Waals surface area contributed by atoms with Crippen molar-refractivity contribution < 1.29 is 9.84 Å². The quantitative estimate of drug-likeness (QED) is 0.853. The van der Waals surface area contributed by atoms with Crippen LogP contribution in [-0.4, -0.2) is 18.0 Å². The molecule has 0 bridgehead atoms. The first-order valence-corrected chi connectivity index (χ1v) is 8.54. The van der Waals surface area contributed by atoms with Crippen molar-refractivity contribution in [1.82, 2.24) is 0 Å². The molecule has 0 amide bonds. The van der Waals surface area contributed by atoms with E-state index in [1.807, 2.05) is 42.7 Å². The lowest BCUT2D eigenvalue weighted by Gasteiger charge is -2.14. The molecule has 21 heavy (non-hydrogen) atoms. The number of thioether (sulfide) groups is 1. The molecule has 0 radical (unpaired) electrons. The highest BCUT2D eigenvalue weighted by Crippen LogP contribution is 2.35. The Morgan fingerprint density at radius 2 is 2.05 bits per heavy atom. The maximum atomic E-state index is 10.5. The average Bonchev–Trinajstić information content (AvgIpc) is 2.95. The summed E-state index contributed by atoms with van der Waals surface area (Å²) in [7, 11) is 0. The van der Waals surface area contributed by atoms with Gasteiger partial charge >= 0.3 is 0 Å². The summed E-state index contributed by atoms with van der Waals surface area (Å²) >= 11 is 7.85. The second-order valence-corrected chi connectivity index (χ2v) is 6.46. The van der Waals surface area contributed by atoms with Crippen LogP contribution >= 0.6 is 23.4 Å². The van der Waals surface area contributed by atoms with Gasteiger partial charge in [-0.1, -0.05) is 23.7 Å². The van der Waals surface area contributed by atoms with Crippen molar-refractivity contribution in [2.75, 3.05) is 12.9 Å². The first kappa shape index (κ1) is 14.8. The monoisotopic (exact) mass is 320 g/mol. The lowest BCUT2D eigenvalue weighted by Crippen LogP contribution is -2.03. The molecule has 110 valence electrons. The van der Waals surface area contributed by atoms with Crippen molar-refractivity contribution in [2.24, 2.45) is 0 Å². The van der Waals surface area contributed by atoms with Gasteiger partial charge in [0.05, 0.1) is 12.7 Å². The Bertz CT molecular complexity index is 640. The van der Waals surface area contributed by atoms with Crippen molar-refractivity contribution in [3.05, 3.63) is 58.1 Å². The number of halogens is 1. The van der Waals surface area contributed by atoms with Crippen LogP contribution in [0.3, 0.4) is 0 Å². The number of hydrogen-bond donors (Lipinski definition) is 1. The number of aliphatic hydroxyl groups excluding tert-OH is 1. The minimum absolute atomic E-state index is 0.515. The summed E-state index contributed by atoms with van der Waals surface area (Å²) in [6.07, 6.45) is 2.90. The zero-order chi connectivity index (χ0) is 14.8. The molecule has 3 rings (SSSR count). The molecule has 1 aliphatic rings. The maximum Gasteiger partial charge on any atom is 0.126 e. The van der Waals surface area contributed by atoms with E-state index in [1.54, 1.807) is 11.8 Å². The van der Waals surface area contributed by atoms with E-state index in [2.05, 4.69) is 0 Å². The van der Waals surface area contributed by atoms with E-state index in [0.717, 1.165) is 28.9 Å². The lowest BCUT2D eigenvalue weighted by atomic mass is 9.99. The molecule has 2 aromatic carbocycles. The molecule has 1 unspecified atom stereocenters. The van der Waals surface area contributed by atoms with Crippen LogP contribution in [0, 0.1) is 0 Å². The molecule has 0 aromatic heterocycles. The molecule has 0 spiro atoms. The Balaban J connectivity index is 1.82. The minimum atomic E-state index is -0.548. The van der Waals surface area contributed by atoms with Crippen LogP contribution in [0.15, 0.2) is 41.3 Å². The van der Waals surface area contributed by atoms with Crippen LogP contribution in [0.2, 0.25) is 5.02 Å². The van der Waals surface area contributed by atoms with E-state index >= 15 is 0 Å². The molecule has 0 saturated carbocycles. The van der Waals surface area contributed by atoms with Crippen LogP contribution < -0.4 is 4.74 Å². The predicted molar refractivity (Wildman–Crippen MR) is 87.5 cm³/mol. The fourth-order valence-electron chi connectivity index (χ4n) is 2.65. The number of rotatable bonds is 4. The van der Waals surface area contributed by atoms with Gasteiger partial charge < -0.3 is 9.84 Å². The Hall–Kier alpha value is -1.16. The summed E-state index contributed by atoms with van der Waals surface area (Å²) < 4.78 is 5.68. The number of ether oxygens (including phenoxy) is 1. The molecule has 1 heterocycles. The molecule has 1 atom stereocenters. The second-order valence-electron chi connectivity index (χ2n) is 5.14. The van der Waals surface area contributed by atoms with Gasteiger partial charge in [-0.2, -0.15) is 0 Å². The normalized spacial score (nSPS) is 14.6. The molecular formula is C17H17ClO2S. The Morgan fingerprint density at radius 1 is 1.29 bits per heavy atom. The van der Waals surface area contributed by atoms with Gasteiger partial charge in [-0.25, -0.2) is 0 Å². The van der Waals surface area contributed by atoms with E-state index in [4.69, 9.17) is 16.3 Å². The Kier molecular flexibility index (Phi) is 4.43. The van der Waals surface area contributed by atoms with E-state index in [9.17, 15) is 5.11 Å². The van der Waals surface area contributed by atoms with Gasteiger partial charge in [-0.3, -0.25) is 0 Å². The third kappa shape index (κ3) is 3.20. The van der Waals surface area contributed by atoms with Crippen molar-refractivity contribution in [3.8, 4) is 5.75 Å².